The number of hydrogen-bond acceptors (Lipinski definition) is 4. The summed E-state index contributed by atoms with van der Waals surface area (Å²) in [6.45, 7) is 5.57. The molecule has 2 aliphatic rings. The Morgan fingerprint density at radius 2 is 2.10 bits per heavy atom. The molecule has 1 aromatic heterocycles. The number of nitrogens with zero attached hydrogens (tertiary/aromatic N) is 2. The van der Waals surface area contributed by atoms with E-state index in [1.165, 1.54) is 43.6 Å². The third kappa shape index (κ3) is 4.35. The molecule has 0 spiro atoms. The van der Waals surface area contributed by atoms with Gasteiger partial charge in [0.15, 0.2) is 0 Å². The lowest BCUT2D eigenvalue weighted by Crippen LogP contribution is -2.15. The Labute approximate surface area is 132 Å². The van der Waals surface area contributed by atoms with Gasteiger partial charge in [0, 0.05) is 23.8 Å². The van der Waals surface area contributed by atoms with Gasteiger partial charge in [-0.05, 0) is 38.0 Å². The topological polar surface area (TPSA) is 37.8 Å². The summed E-state index contributed by atoms with van der Waals surface area (Å²) < 4.78 is 0. The molecule has 4 heteroatoms. The first-order valence-electron chi connectivity index (χ1n) is 8.54. The van der Waals surface area contributed by atoms with Gasteiger partial charge in [0.05, 0.1) is 0 Å². The lowest BCUT2D eigenvalue weighted by atomic mass is 9.91. The molecule has 0 aromatic carbocycles. The van der Waals surface area contributed by atoms with Crippen LogP contribution in [0.5, 0.6) is 0 Å². The lowest BCUT2D eigenvalue weighted by molar-refractivity contribution is 0.394. The van der Waals surface area contributed by atoms with Crippen molar-refractivity contribution in [2.24, 2.45) is 5.92 Å². The van der Waals surface area contributed by atoms with E-state index in [-0.39, 0.29) is 0 Å². The summed E-state index contributed by atoms with van der Waals surface area (Å²) >= 11 is 1.98. The molecule has 0 amide bonds. The first-order valence-corrected chi connectivity index (χ1v) is 9.42. The molecule has 116 valence electrons. The zero-order valence-electron chi connectivity index (χ0n) is 13.3. The molecule has 3 rings (SSSR count). The Hall–Kier alpha value is -0.770. The van der Waals surface area contributed by atoms with Crippen molar-refractivity contribution in [1.29, 1.82) is 0 Å². The molecule has 21 heavy (non-hydrogen) atoms. The molecule has 2 fully saturated rings. The Kier molecular flexibility index (Phi) is 5.04. The molecular formula is C17H27N3S. The summed E-state index contributed by atoms with van der Waals surface area (Å²) in [7, 11) is 0. The van der Waals surface area contributed by atoms with Crippen molar-refractivity contribution >= 4 is 17.6 Å². The van der Waals surface area contributed by atoms with Gasteiger partial charge in [0.1, 0.15) is 16.7 Å². The monoisotopic (exact) mass is 305 g/mol. The van der Waals surface area contributed by atoms with Crippen LogP contribution in [0.4, 0.5) is 5.82 Å². The number of aromatic nitrogens is 2. The smallest absolute Gasteiger partial charge is 0.135 e. The normalized spacial score (nSPS) is 25.8. The summed E-state index contributed by atoms with van der Waals surface area (Å²) in [6, 6.07) is 2.16. The molecule has 1 N–H and O–H groups in total. The van der Waals surface area contributed by atoms with E-state index in [2.05, 4.69) is 25.2 Å². The maximum absolute atomic E-state index is 4.83. The Balaban J connectivity index is 1.71. The third-order valence-corrected chi connectivity index (χ3v) is 5.61. The Morgan fingerprint density at radius 1 is 1.24 bits per heavy atom. The molecule has 2 unspecified atom stereocenters. The maximum Gasteiger partial charge on any atom is 0.135 e. The molecule has 2 atom stereocenters. The fraction of sp³-hybridized carbons (Fsp3) is 0.765. The number of thioether (sulfide) groups is 1. The fourth-order valence-corrected chi connectivity index (χ4v) is 4.40. The summed E-state index contributed by atoms with van der Waals surface area (Å²) in [4.78, 5) is 9.54. The van der Waals surface area contributed by atoms with E-state index in [9.17, 15) is 0 Å². The third-order valence-electron chi connectivity index (χ3n) is 4.39. The summed E-state index contributed by atoms with van der Waals surface area (Å²) in [5.74, 6) is 3.60. The molecule has 3 nitrogen and oxygen atoms in total. The Bertz CT molecular complexity index is 473. The van der Waals surface area contributed by atoms with E-state index < -0.39 is 0 Å². The van der Waals surface area contributed by atoms with E-state index >= 15 is 0 Å². The van der Waals surface area contributed by atoms with Gasteiger partial charge < -0.3 is 5.32 Å². The van der Waals surface area contributed by atoms with E-state index in [1.807, 2.05) is 11.8 Å². The van der Waals surface area contributed by atoms with E-state index in [0.717, 1.165) is 35.8 Å². The predicted octanol–water partition coefficient (Wildman–Crippen LogP) is 4.85. The van der Waals surface area contributed by atoms with Gasteiger partial charge >= 0.3 is 0 Å². The van der Waals surface area contributed by atoms with Crippen LogP contribution < -0.4 is 5.32 Å². The minimum Gasteiger partial charge on any atom is -0.370 e. The molecule has 0 saturated heterocycles. The fourth-order valence-electron chi connectivity index (χ4n) is 3.03. The molecule has 0 aliphatic heterocycles. The average molecular weight is 305 g/mol. The molecule has 2 saturated carbocycles. The van der Waals surface area contributed by atoms with Gasteiger partial charge in [-0.2, -0.15) is 0 Å². The van der Waals surface area contributed by atoms with Crippen LogP contribution in [0.1, 0.15) is 70.5 Å². The van der Waals surface area contributed by atoms with Crippen molar-refractivity contribution in [2.75, 3.05) is 11.9 Å². The largest absolute Gasteiger partial charge is 0.370 e. The van der Waals surface area contributed by atoms with Crippen LogP contribution in [-0.4, -0.2) is 21.8 Å². The van der Waals surface area contributed by atoms with Gasteiger partial charge in [0.2, 0.25) is 0 Å². The minimum atomic E-state index is 0.623. The van der Waals surface area contributed by atoms with Crippen LogP contribution in [0.2, 0.25) is 0 Å². The second-order valence-electron chi connectivity index (χ2n) is 6.66. The van der Waals surface area contributed by atoms with Crippen LogP contribution in [0.3, 0.4) is 0 Å². The molecule has 1 aromatic rings. The van der Waals surface area contributed by atoms with Crippen molar-refractivity contribution < 1.29 is 0 Å². The second-order valence-corrected chi connectivity index (χ2v) is 7.98. The number of hydrogen-bond donors (Lipinski definition) is 1. The van der Waals surface area contributed by atoms with E-state index in [4.69, 9.17) is 9.97 Å². The van der Waals surface area contributed by atoms with Gasteiger partial charge in [-0.25, -0.2) is 9.97 Å². The first-order chi connectivity index (χ1) is 10.2. The van der Waals surface area contributed by atoms with Crippen LogP contribution in [0, 0.1) is 5.92 Å². The van der Waals surface area contributed by atoms with Crippen LogP contribution >= 0.6 is 11.8 Å². The van der Waals surface area contributed by atoms with Crippen LogP contribution in [-0.2, 0) is 0 Å². The van der Waals surface area contributed by atoms with Crippen molar-refractivity contribution in [2.45, 2.75) is 75.0 Å². The quantitative estimate of drug-likeness (QED) is 0.763. The molecule has 1 heterocycles. The predicted molar refractivity (Wildman–Crippen MR) is 90.1 cm³/mol. The SMILES string of the molecule is CCCNc1cc(SC2CCCC(C)C2)nc(C2CC2)n1. The highest BCUT2D eigenvalue weighted by Gasteiger charge is 2.28. The van der Waals surface area contributed by atoms with E-state index in [1.54, 1.807) is 0 Å². The van der Waals surface area contributed by atoms with Gasteiger partial charge in [-0.1, -0.05) is 26.7 Å². The van der Waals surface area contributed by atoms with Crippen LogP contribution in [0.25, 0.3) is 0 Å². The van der Waals surface area contributed by atoms with Gasteiger partial charge in [-0.15, -0.1) is 11.8 Å². The highest BCUT2D eigenvalue weighted by atomic mass is 32.2. The number of anilines is 1. The van der Waals surface area contributed by atoms with Crippen molar-refractivity contribution in [3.8, 4) is 0 Å². The van der Waals surface area contributed by atoms with Crippen molar-refractivity contribution in [1.82, 2.24) is 9.97 Å². The van der Waals surface area contributed by atoms with E-state index in [0.29, 0.717) is 5.92 Å². The first kappa shape index (κ1) is 15.1. The number of rotatable bonds is 6. The molecule has 0 radical (unpaired) electrons. The Morgan fingerprint density at radius 3 is 2.81 bits per heavy atom. The molecule has 0 bridgehead atoms. The zero-order chi connectivity index (χ0) is 14.7. The maximum atomic E-state index is 4.83. The van der Waals surface area contributed by atoms with Crippen molar-refractivity contribution in [3.05, 3.63) is 11.9 Å². The van der Waals surface area contributed by atoms with Crippen molar-refractivity contribution in [3.63, 3.8) is 0 Å². The number of nitrogens with one attached hydrogen (secondary N) is 1. The lowest BCUT2D eigenvalue weighted by Gasteiger charge is -2.26. The van der Waals surface area contributed by atoms with Gasteiger partial charge in [-0.3, -0.25) is 0 Å². The standard InChI is InChI=1S/C17H27N3S/c1-3-9-18-15-11-16(20-17(19-15)13-7-8-13)21-14-6-4-5-12(2)10-14/h11-14H,3-10H2,1-2H3,(H,18,19,20). The minimum absolute atomic E-state index is 0.623. The summed E-state index contributed by atoms with van der Waals surface area (Å²) in [5, 5.41) is 5.37. The second kappa shape index (κ2) is 6.99. The summed E-state index contributed by atoms with van der Waals surface area (Å²) in [6.07, 6.45) is 9.12. The highest BCUT2D eigenvalue weighted by Crippen LogP contribution is 2.40. The molecule has 2 aliphatic carbocycles. The van der Waals surface area contributed by atoms with Gasteiger partial charge in [0.25, 0.3) is 0 Å². The molecular weight excluding hydrogens is 278 g/mol. The highest BCUT2D eigenvalue weighted by molar-refractivity contribution is 7.99. The summed E-state index contributed by atoms with van der Waals surface area (Å²) in [5.41, 5.74) is 0. The van der Waals surface area contributed by atoms with Crippen LogP contribution in [0.15, 0.2) is 11.1 Å². The average Bonchev–Trinajstić information content (AvgIpc) is 3.29. The zero-order valence-corrected chi connectivity index (χ0v) is 14.1.